The Bertz CT molecular complexity index is 4480. The van der Waals surface area contributed by atoms with Crippen molar-refractivity contribution in [2.75, 3.05) is 33.7 Å². The number of nitrogens with zero attached hydrogens (tertiary/aromatic N) is 5. The molecule has 0 aliphatic carbocycles. The number of aliphatic carboxylic acids is 1. The maximum Gasteiger partial charge on any atom is 0.347 e. The van der Waals surface area contributed by atoms with E-state index in [2.05, 4.69) is 209 Å². The quantitative estimate of drug-likeness (QED) is 0.0607. The molecule has 0 atom stereocenters. The molecular weight excluding hydrogens is 1090 g/mol. The zero-order valence-corrected chi connectivity index (χ0v) is 48.2. The standard InChI is InChI=1S/C78H57N5O5/c1-80-70-20-12-13-21-74(70)87-75-48-57(34-45-71(75)80)24-22-55-28-39-65(40-29-55)83(63-18-10-5-11-19-63)66-41-30-56(31-42-66)32-43-67-51-60(69(53-79)78(84)85)52-68(86-67)44-33-59-36-47-73-77(50-59)88-76-49-58(35-46-72(76)81(73)2)25-23-54-26-37-64(38-27-54)82(61-14-6-3-7-15-61)62-16-8-4-9-17-62/h3-52H,1-2H3,(H,84,85)/b24-22+,25-23+,43-32+,44-33+,69-60-. The fourth-order valence-electron chi connectivity index (χ4n) is 11.0. The van der Waals surface area contributed by atoms with Crippen LogP contribution in [0.5, 0.6) is 23.0 Å². The van der Waals surface area contributed by atoms with Gasteiger partial charge in [-0.25, -0.2) is 4.79 Å². The molecule has 3 heterocycles. The molecule has 0 radical (unpaired) electrons. The van der Waals surface area contributed by atoms with Crippen molar-refractivity contribution in [1.29, 1.82) is 5.26 Å². The van der Waals surface area contributed by atoms with E-state index in [1.807, 2.05) is 110 Å². The second kappa shape index (κ2) is 24.6. The minimum atomic E-state index is -1.33. The summed E-state index contributed by atoms with van der Waals surface area (Å²) in [5.74, 6) is 2.43. The van der Waals surface area contributed by atoms with Crippen molar-refractivity contribution in [3.8, 4) is 29.1 Å². The number of rotatable bonds is 15. The van der Waals surface area contributed by atoms with Crippen LogP contribution in [0, 0.1) is 11.3 Å². The molecule has 0 unspecified atom stereocenters. The van der Waals surface area contributed by atoms with Gasteiger partial charge in [-0.1, -0.05) is 158 Å². The minimum absolute atomic E-state index is 0.218. The molecule has 424 valence electrons. The van der Waals surface area contributed by atoms with Crippen molar-refractivity contribution in [3.63, 3.8) is 0 Å². The first-order valence-electron chi connectivity index (χ1n) is 28.8. The van der Waals surface area contributed by atoms with Gasteiger partial charge in [-0.05, 0) is 179 Å². The normalized spacial score (nSPS) is 13.7. The lowest BCUT2D eigenvalue weighted by molar-refractivity contribution is -0.132. The predicted octanol–water partition coefficient (Wildman–Crippen LogP) is 20.1. The number of hydrogen-bond donors (Lipinski definition) is 1. The van der Waals surface area contributed by atoms with E-state index in [0.29, 0.717) is 17.3 Å². The Labute approximate surface area is 511 Å². The molecule has 10 aromatic carbocycles. The summed E-state index contributed by atoms with van der Waals surface area (Å²) >= 11 is 0. The van der Waals surface area contributed by atoms with Gasteiger partial charge < -0.3 is 38.9 Å². The van der Waals surface area contributed by atoms with E-state index in [0.717, 1.165) is 108 Å². The average Bonchev–Trinajstić information content (AvgIpc) is 1.27. The lowest BCUT2D eigenvalue weighted by Crippen LogP contribution is -2.15. The molecule has 88 heavy (non-hydrogen) atoms. The van der Waals surface area contributed by atoms with Gasteiger partial charge in [-0.2, -0.15) is 5.26 Å². The van der Waals surface area contributed by atoms with Crippen molar-refractivity contribution >= 4 is 99.3 Å². The first-order chi connectivity index (χ1) is 43.2. The van der Waals surface area contributed by atoms with Crippen molar-refractivity contribution < 1.29 is 24.1 Å². The number of fused-ring (bicyclic) bond motifs is 4. The van der Waals surface area contributed by atoms with E-state index in [1.54, 1.807) is 24.3 Å². The zero-order chi connectivity index (χ0) is 59.9. The highest BCUT2D eigenvalue weighted by molar-refractivity contribution is 5.94. The number of ether oxygens (including phenoxy) is 3. The largest absolute Gasteiger partial charge is 0.477 e. The summed E-state index contributed by atoms with van der Waals surface area (Å²) in [5.41, 5.74) is 15.7. The highest BCUT2D eigenvalue weighted by Crippen LogP contribution is 2.48. The molecule has 0 amide bonds. The van der Waals surface area contributed by atoms with E-state index < -0.39 is 11.5 Å². The van der Waals surface area contributed by atoms with Gasteiger partial charge in [0.2, 0.25) is 0 Å². The number of para-hydroxylation sites is 5. The molecule has 3 aliphatic rings. The van der Waals surface area contributed by atoms with E-state index in [9.17, 15) is 15.2 Å². The van der Waals surface area contributed by atoms with Crippen molar-refractivity contribution in [1.82, 2.24) is 0 Å². The molecule has 13 rings (SSSR count). The Hall–Kier alpha value is -12.1. The Morgan fingerprint density at radius 3 is 1.07 bits per heavy atom. The van der Waals surface area contributed by atoms with Gasteiger partial charge in [0.25, 0.3) is 0 Å². The van der Waals surface area contributed by atoms with E-state index in [-0.39, 0.29) is 5.57 Å². The molecule has 0 fully saturated rings. The second-order valence-electron chi connectivity index (χ2n) is 21.2. The van der Waals surface area contributed by atoms with Crippen LogP contribution >= 0.6 is 0 Å². The van der Waals surface area contributed by atoms with E-state index in [4.69, 9.17) is 14.2 Å². The predicted molar refractivity (Wildman–Crippen MR) is 358 cm³/mol. The summed E-state index contributed by atoms with van der Waals surface area (Å²) in [6.07, 6.45) is 18.8. The van der Waals surface area contributed by atoms with Crippen LogP contribution in [0.2, 0.25) is 0 Å². The molecule has 0 aromatic heterocycles. The molecule has 1 N–H and O–H groups in total. The molecule has 10 aromatic rings. The summed E-state index contributed by atoms with van der Waals surface area (Å²) in [5, 5.41) is 20.0. The van der Waals surface area contributed by atoms with Gasteiger partial charge >= 0.3 is 5.97 Å². The zero-order valence-electron chi connectivity index (χ0n) is 48.2. The maximum atomic E-state index is 12.3. The van der Waals surface area contributed by atoms with Crippen LogP contribution < -0.4 is 29.1 Å². The van der Waals surface area contributed by atoms with Gasteiger partial charge in [0, 0.05) is 53.8 Å². The molecular formula is C78H57N5O5. The van der Waals surface area contributed by atoms with Gasteiger partial charge in [0.15, 0.2) is 23.0 Å². The summed E-state index contributed by atoms with van der Waals surface area (Å²) in [4.78, 5) is 21.0. The number of carboxylic acid groups (broad SMARTS) is 1. The van der Waals surface area contributed by atoms with Crippen LogP contribution in [0.1, 0.15) is 33.4 Å². The van der Waals surface area contributed by atoms with Crippen LogP contribution in [-0.4, -0.2) is 25.2 Å². The SMILES string of the molecule is CN1c2ccccc2Oc2cc(/C=C/c3ccc(N(c4ccccc4)c4ccc(/C=C/C5=CC(=C(\C#N)C(=O)O)/C=C(/C=C/c6ccc7c(c6)Oc6cc(/C=C/c8ccc(N(c9ccccc9)c9ccccc9)cc8)ccc6N7C)O5)cc4)cc3)ccc21. The number of carboxylic acids is 1. The smallest absolute Gasteiger partial charge is 0.347 e. The topological polar surface area (TPSA) is 102 Å². The summed E-state index contributed by atoms with van der Waals surface area (Å²) in [7, 11) is 4.08. The molecule has 10 nitrogen and oxygen atoms in total. The average molecular weight is 1140 g/mol. The summed E-state index contributed by atoms with van der Waals surface area (Å²) in [6.45, 7) is 0. The Kier molecular flexibility index (Phi) is 15.4. The third-order valence-corrected chi connectivity index (χ3v) is 15.5. The van der Waals surface area contributed by atoms with E-state index in [1.165, 1.54) is 0 Å². The lowest BCUT2D eigenvalue weighted by Gasteiger charge is -2.30. The molecule has 0 saturated carbocycles. The Morgan fingerprint density at radius 1 is 0.375 bits per heavy atom. The van der Waals surface area contributed by atoms with Crippen LogP contribution in [0.3, 0.4) is 0 Å². The van der Waals surface area contributed by atoms with Crippen LogP contribution in [0.15, 0.2) is 290 Å². The number of hydrogen-bond acceptors (Lipinski definition) is 9. The summed E-state index contributed by atoms with van der Waals surface area (Å²) < 4.78 is 19.2. The first-order valence-corrected chi connectivity index (χ1v) is 28.8. The van der Waals surface area contributed by atoms with E-state index >= 15 is 0 Å². The lowest BCUT2D eigenvalue weighted by atomic mass is 10.0. The van der Waals surface area contributed by atoms with Crippen LogP contribution in [-0.2, 0) is 9.53 Å². The number of carbonyl (C=O) groups is 1. The van der Waals surface area contributed by atoms with Gasteiger partial charge in [0.1, 0.15) is 23.2 Å². The van der Waals surface area contributed by atoms with Crippen molar-refractivity contribution in [2.45, 2.75) is 0 Å². The fourth-order valence-corrected chi connectivity index (χ4v) is 11.0. The maximum absolute atomic E-state index is 12.3. The van der Waals surface area contributed by atoms with Crippen LogP contribution in [0.4, 0.5) is 56.9 Å². The van der Waals surface area contributed by atoms with Gasteiger partial charge in [-0.3, -0.25) is 0 Å². The number of anilines is 10. The minimum Gasteiger partial charge on any atom is -0.477 e. The van der Waals surface area contributed by atoms with Crippen LogP contribution in [0.25, 0.3) is 36.5 Å². The molecule has 0 spiro atoms. The first kappa shape index (κ1) is 55.1. The van der Waals surface area contributed by atoms with Gasteiger partial charge in [0.05, 0.1) is 22.7 Å². The molecule has 10 heteroatoms. The molecule has 0 saturated heterocycles. The Balaban J connectivity index is 0.683. The fraction of sp³-hybridized carbons (Fsp3) is 0.0256. The highest BCUT2D eigenvalue weighted by Gasteiger charge is 2.24. The third-order valence-electron chi connectivity index (χ3n) is 15.5. The number of benzene rings is 10. The van der Waals surface area contributed by atoms with Gasteiger partial charge in [-0.15, -0.1) is 0 Å². The monoisotopic (exact) mass is 1140 g/mol. The molecule has 3 aliphatic heterocycles. The highest BCUT2D eigenvalue weighted by atomic mass is 16.5. The molecule has 0 bridgehead atoms. The Morgan fingerprint density at radius 2 is 0.682 bits per heavy atom. The summed E-state index contributed by atoms with van der Waals surface area (Å²) in [6, 6.07) is 84.4. The van der Waals surface area contributed by atoms with Crippen molar-refractivity contribution in [2.24, 2.45) is 0 Å². The number of nitriles is 1. The number of allylic oxidation sites excluding steroid dienone is 5. The third kappa shape index (κ3) is 11.9. The van der Waals surface area contributed by atoms with Crippen molar-refractivity contribution in [3.05, 3.63) is 323 Å². The second-order valence-corrected chi connectivity index (χ2v) is 21.2.